The molecule has 4 atom stereocenters. The van der Waals surface area contributed by atoms with E-state index in [0.29, 0.717) is 24.0 Å². The number of benzene rings is 1. The number of rotatable bonds is 6. The highest BCUT2D eigenvalue weighted by Crippen LogP contribution is 2.52. The Morgan fingerprint density at radius 3 is 2.38 bits per heavy atom. The van der Waals surface area contributed by atoms with Crippen molar-refractivity contribution in [2.75, 3.05) is 23.3 Å². The summed E-state index contributed by atoms with van der Waals surface area (Å²) in [6.07, 6.45) is 6.06. The van der Waals surface area contributed by atoms with E-state index in [0.717, 1.165) is 59.9 Å². The molecule has 6 rings (SSSR count). The van der Waals surface area contributed by atoms with Crippen molar-refractivity contribution in [2.45, 2.75) is 51.6 Å². The van der Waals surface area contributed by atoms with E-state index in [1.54, 1.807) is 11.3 Å². The number of ether oxygens (including phenoxy) is 1. The van der Waals surface area contributed by atoms with E-state index in [-0.39, 0.29) is 17.5 Å². The Labute approximate surface area is 190 Å². The lowest BCUT2D eigenvalue weighted by atomic mass is 9.77. The summed E-state index contributed by atoms with van der Waals surface area (Å²) in [5, 5.41) is 3.51. The molecule has 3 saturated carbocycles. The first kappa shape index (κ1) is 20.4. The highest BCUT2D eigenvalue weighted by atomic mass is 32.1. The molecule has 4 unspecified atom stereocenters. The highest BCUT2D eigenvalue weighted by molar-refractivity contribution is 7.15. The monoisotopic (exact) mass is 459 g/mol. The van der Waals surface area contributed by atoms with Gasteiger partial charge in [0, 0.05) is 35.8 Å². The van der Waals surface area contributed by atoms with E-state index >= 15 is 0 Å². The first-order valence-corrected chi connectivity index (χ1v) is 12.5. The average molecular weight is 460 g/mol. The molecule has 2 aromatic rings. The molecule has 32 heavy (non-hydrogen) atoms. The molecule has 5 nitrogen and oxygen atoms in total. The second-order valence-electron chi connectivity index (χ2n) is 9.81. The van der Waals surface area contributed by atoms with Gasteiger partial charge in [-0.1, -0.05) is 6.92 Å². The van der Waals surface area contributed by atoms with Gasteiger partial charge in [0.15, 0.2) is 22.5 Å². The van der Waals surface area contributed by atoms with E-state index in [1.165, 1.54) is 19.3 Å². The number of aromatic nitrogens is 1. The Morgan fingerprint density at radius 2 is 1.78 bits per heavy atom. The summed E-state index contributed by atoms with van der Waals surface area (Å²) in [6.45, 7) is 3.99. The predicted octanol–water partition coefficient (Wildman–Crippen LogP) is 5.26. The zero-order valence-corrected chi connectivity index (χ0v) is 18.9. The predicted molar refractivity (Wildman–Crippen MR) is 119 cm³/mol. The van der Waals surface area contributed by atoms with Crippen molar-refractivity contribution in [3.63, 3.8) is 0 Å². The number of anilines is 2. The minimum absolute atomic E-state index is 0.0717. The van der Waals surface area contributed by atoms with Crippen molar-refractivity contribution >= 4 is 28.1 Å². The third kappa shape index (κ3) is 3.56. The molecule has 1 aromatic heterocycles. The van der Waals surface area contributed by atoms with Crippen molar-refractivity contribution in [3.8, 4) is 5.75 Å². The maximum atomic E-state index is 14.6. The molecule has 170 valence electrons. The normalized spacial score (nSPS) is 30.0. The first-order chi connectivity index (χ1) is 15.5. The van der Waals surface area contributed by atoms with Gasteiger partial charge < -0.3 is 15.0 Å². The summed E-state index contributed by atoms with van der Waals surface area (Å²) in [5.74, 6) is 0.474. The van der Waals surface area contributed by atoms with Crippen LogP contribution >= 0.6 is 11.3 Å². The van der Waals surface area contributed by atoms with E-state index in [2.05, 4.69) is 15.2 Å². The van der Waals surface area contributed by atoms with Gasteiger partial charge in [0.05, 0.1) is 6.10 Å². The van der Waals surface area contributed by atoms with Crippen LogP contribution < -0.4 is 15.0 Å². The fraction of sp³-hybridized carbons (Fsp3) is 0.583. The zero-order chi connectivity index (χ0) is 22.0. The van der Waals surface area contributed by atoms with Crippen molar-refractivity contribution in [1.82, 2.24) is 4.98 Å². The second-order valence-corrected chi connectivity index (χ2v) is 10.9. The standard InChI is InChI=1S/C24H27F2N3O2S/c1-2-20-21(28-24(32-20)29-10-12-3-4-13(12)11-29)23(30)27-16-8-18(25)22(19(26)9-16)31-17-6-14-5-15(14)7-17/h8-9,12-15,17H,2-7,10-11H2,1H3,(H,27,30). The molecule has 1 aliphatic heterocycles. The molecule has 4 aliphatic rings. The lowest BCUT2D eigenvalue weighted by Gasteiger charge is -2.27. The van der Waals surface area contributed by atoms with Crippen LogP contribution in [0.25, 0.3) is 0 Å². The number of hydrogen-bond acceptors (Lipinski definition) is 5. The molecular formula is C24H27F2N3O2S. The maximum Gasteiger partial charge on any atom is 0.275 e. The van der Waals surface area contributed by atoms with Gasteiger partial charge in [-0.3, -0.25) is 4.79 Å². The number of halogens is 2. The Morgan fingerprint density at radius 1 is 1.12 bits per heavy atom. The van der Waals surface area contributed by atoms with Crippen molar-refractivity contribution in [2.24, 2.45) is 23.7 Å². The third-order valence-corrected chi connectivity index (χ3v) is 8.98. The summed E-state index contributed by atoms with van der Waals surface area (Å²) in [7, 11) is 0. The minimum atomic E-state index is -0.789. The van der Waals surface area contributed by atoms with Crippen LogP contribution in [0.2, 0.25) is 0 Å². The fourth-order valence-corrected chi connectivity index (χ4v) is 6.68. The summed E-state index contributed by atoms with van der Waals surface area (Å²) >= 11 is 1.54. The summed E-state index contributed by atoms with van der Waals surface area (Å²) in [6, 6.07) is 2.26. The first-order valence-electron chi connectivity index (χ1n) is 11.7. The molecule has 4 fully saturated rings. The number of nitrogens with zero attached hydrogens (tertiary/aromatic N) is 2. The van der Waals surface area contributed by atoms with Gasteiger partial charge in [-0.05, 0) is 62.2 Å². The van der Waals surface area contributed by atoms with Gasteiger partial charge >= 0.3 is 0 Å². The van der Waals surface area contributed by atoms with Crippen LogP contribution in [-0.2, 0) is 6.42 Å². The molecule has 1 aromatic carbocycles. The molecule has 0 radical (unpaired) electrons. The molecule has 3 aliphatic carbocycles. The average Bonchev–Trinajstić information content (AvgIpc) is 3.08. The molecular weight excluding hydrogens is 432 g/mol. The smallest absolute Gasteiger partial charge is 0.275 e. The van der Waals surface area contributed by atoms with E-state index in [9.17, 15) is 13.6 Å². The van der Waals surface area contributed by atoms with Crippen LogP contribution in [0.4, 0.5) is 19.6 Å². The van der Waals surface area contributed by atoms with Gasteiger partial charge in [0.25, 0.3) is 5.91 Å². The van der Waals surface area contributed by atoms with Crippen LogP contribution in [0.1, 0.15) is 54.4 Å². The maximum absolute atomic E-state index is 14.6. The summed E-state index contributed by atoms with van der Waals surface area (Å²) in [4.78, 5) is 20.7. The van der Waals surface area contributed by atoms with Gasteiger partial charge in [0.1, 0.15) is 5.69 Å². The molecule has 0 bridgehead atoms. The number of nitrogens with one attached hydrogen (secondary N) is 1. The van der Waals surface area contributed by atoms with Crippen LogP contribution in [0, 0.1) is 35.3 Å². The summed E-state index contributed by atoms with van der Waals surface area (Å²) < 4.78 is 34.9. The Kier molecular flexibility index (Phi) is 4.89. The molecule has 0 spiro atoms. The van der Waals surface area contributed by atoms with Crippen molar-refractivity contribution in [3.05, 3.63) is 34.3 Å². The van der Waals surface area contributed by atoms with E-state index < -0.39 is 17.5 Å². The molecule has 2 heterocycles. The van der Waals surface area contributed by atoms with E-state index in [4.69, 9.17) is 4.74 Å². The number of aryl methyl sites for hydroxylation is 1. The number of hydrogen-bond donors (Lipinski definition) is 1. The number of thiazole rings is 1. The molecule has 1 N–H and O–H groups in total. The highest BCUT2D eigenvalue weighted by Gasteiger charge is 2.47. The Hall–Kier alpha value is -2.22. The lowest BCUT2D eigenvalue weighted by Crippen LogP contribution is -2.22. The third-order valence-electron chi connectivity index (χ3n) is 7.72. The molecule has 8 heteroatoms. The van der Waals surface area contributed by atoms with Crippen LogP contribution in [0.5, 0.6) is 5.75 Å². The van der Waals surface area contributed by atoms with Gasteiger partial charge in [-0.25, -0.2) is 13.8 Å². The SMILES string of the molecule is CCc1sc(N2CC3CCC3C2)nc1C(=O)Nc1cc(F)c(OC2CC3CC3C2)c(F)c1. The topological polar surface area (TPSA) is 54.5 Å². The van der Waals surface area contributed by atoms with Crippen LogP contribution in [-0.4, -0.2) is 30.1 Å². The lowest BCUT2D eigenvalue weighted by molar-refractivity contribution is 0.102. The van der Waals surface area contributed by atoms with Crippen LogP contribution in [0.3, 0.4) is 0 Å². The molecule has 1 amide bonds. The minimum Gasteiger partial charge on any atom is -0.484 e. The fourth-order valence-electron chi connectivity index (χ4n) is 5.66. The Balaban J connectivity index is 1.17. The number of amides is 1. The van der Waals surface area contributed by atoms with Crippen molar-refractivity contribution < 1.29 is 18.3 Å². The van der Waals surface area contributed by atoms with Gasteiger partial charge in [0.2, 0.25) is 0 Å². The number of fused-ring (bicyclic) bond motifs is 2. The zero-order valence-electron chi connectivity index (χ0n) is 18.1. The Bertz CT molecular complexity index is 1030. The number of carbonyl (C=O) groups excluding carboxylic acids is 1. The van der Waals surface area contributed by atoms with Gasteiger partial charge in [-0.2, -0.15) is 0 Å². The van der Waals surface area contributed by atoms with Gasteiger partial charge in [-0.15, -0.1) is 11.3 Å². The van der Waals surface area contributed by atoms with Crippen LogP contribution in [0.15, 0.2) is 12.1 Å². The summed E-state index contributed by atoms with van der Waals surface area (Å²) in [5.41, 5.74) is 0.417. The van der Waals surface area contributed by atoms with Crippen molar-refractivity contribution in [1.29, 1.82) is 0 Å². The van der Waals surface area contributed by atoms with E-state index in [1.807, 2.05) is 6.92 Å². The second kappa shape index (κ2) is 7.68. The number of carbonyl (C=O) groups is 1. The molecule has 1 saturated heterocycles. The largest absolute Gasteiger partial charge is 0.484 e. The quantitative estimate of drug-likeness (QED) is 0.640.